The number of esters is 1. The summed E-state index contributed by atoms with van der Waals surface area (Å²) in [4.78, 5) is 25.7. The van der Waals surface area contributed by atoms with Crippen LogP contribution in [-0.2, 0) is 16.6 Å². The number of halogens is 1. The molecule has 0 spiro atoms. The number of ether oxygens (including phenoxy) is 1. The Balaban J connectivity index is 0.00000200. The minimum absolute atomic E-state index is 0. The van der Waals surface area contributed by atoms with Crippen LogP contribution in [0.25, 0.3) is 0 Å². The van der Waals surface area contributed by atoms with E-state index in [-0.39, 0.29) is 41.9 Å². The lowest BCUT2D eigenvalue weighted by molar-refractivity contribution is -0.670. The van der Waals surface area contributed by atoms with E-state index < -0.39 is 0 Å². The Hall–Kier alpha value is -1.12. The number of piperidine rings is 1. The normalized spacial score (nSPS) is 18.3. The number of rotatable bonds is 2. The van der Waals surface area contributed by atoms with Crippen molar-refractivity contribution in [2.24, 2.45) is 13.0 Å². The second-order valence-corrected chi connectivity index (χ2v) is 4.81. The van der Waals surface area contributed by atoms with Gasteiger partial charge in [0.2, 0.25) is 0 Å². The summed E-state index contributed by atoms with van der Waals surface area (Å²) in [6.45, 7) is 3.32. The third-order valence-electron chi connectivity index (χ3n) is 3.30. The Morgan fingerprint density at radius 3 is 2.80 bits per heavy atom. The number of carbonyl (C=O) groups excluding carboxylic acids is 2. The van der Waals surface area contributed by atoms with Crippen molar-refractivity contribution in [3.05, 3.63) is 18.7 Å². The molecule has 1 unspecified atom stereocenters. The zero-order chi connectivity index (χ0) is 13.8. The van der Waals surface area contributed by atoms with Crippen LogP contribution in [0.15, 0.2) is 18.7 Å². The van der Waals surface area contributed by atoms with Crippen molar-refractivity contribution in [3.63, 3.8) is 0 Å². The molecule has 0 radical (unpaired) electrons. The number of nitrogens with zero attached hydrogens (tertiary/aromatic N) is 3. The van der Waals surface area contributed by atoms with Gasteiger partial charge in [0.15, 0.2) is 0 Å². The second-order valence-electron chi connectivity index (χ2n) is 4.81. The molecule has 20 heavy (non-hydrogen) atoms. The summed E-state index contributed by atoms with van der Waals surface area (Å²) in [5, 5.41) is 0. The SMILES string of the molecule is CCOC(=O)C1CCCN(C(=O)n2cc[n+](C)c2)C1.[I-]. The molecule has 0 aliphatic carbocycles. The van der Waals surface area contributed by atoms with Crippen LogP contribution in [0.1, 0.15) is 19.8 Å². The van der Waals surface area contributed by atoms with Crippen molar-refractivity contribution < 1.29 is 42.9 Å². The van der Waals surface area contributed by atoms with Gasteiger partial charge in [0.1, 0.15) is 12.4 Å². The van der Waals surface area contributed by atoms with Crippen molar-refractivity contribution in [1.82, 2.24) is 9.47 Å². The first kappa shape index (κ1) is 16.9. The highest BCUT2D eigenvalue weighted by Crippen LogP contribution is 2.18. The largest absolute Gasteiger partial charge is 1.00 e. The van der Waals surface area contributed by atoms with Crippen molar-refractivity contribution >= 4 is 12.0 Å². The van der Waals surface area contributed by atoms with Crippen molar-refractivity contribution in [1.29, 1.82) is 0 Å². The summed E-state index contributed by atoms with van der Waals surface area (Å²) in [6.07, 6.45) is 6.88. The number of hydrogen-bond donors (Lipinski definition) is 0. The first-order valence-corrected chi connectivity index (χ1v) is 6.61. The molecule has 2 heterocycles. The van der Waals surface area contributed by atoms with Crippen LogP contribution in [0, 0.1) is 5.92 Å². The summed E-state index contributed by atoms with van der Waals surface area (Å²) in [5.74, 6) is -0.389. The topological polar surface area (TPSA) is 55.4 Å². The highest BCUT2D eigenvalue weighted by atomic mass is 127. The van der Waals surface area contributed by atoms with Gasteiger partial charge in [-0.1, -0.05) is 0 Å². The lowest BCUT2D eigenvalue weighted by Crippen LogP contribution is -3.00. The molecule has 0 saturated carbocycles. The predicted octanol–water partition coefficient (Wildman–Crippen LogP) is -2.44. The van der Waals surface area contributed by atoms with Crippen molar-refractivity contribution in [2.75, 3.05) is 19.7 Å². The molecule has 0 bridgehead atoms. The fourth-order valence-corrected chi connectivity index (χ4v) is 2.33. The zero-order valence-electron chi connectivity index (χ0n) is 11.8. The van der Waals surface area contributed by atoms with E-state index in [9.17, 15) is 9.59 Å². The number of hydrogen-bond acceptors (Lipinski definition) is 3. The van der Waals surface area contributed by atoms with Crippen molar-refractivity contribution in [2.45, 2.75) is 19.8 Å². The number of amides is 1. The third-order valence-corrected chi connectivity index (χ3v) is 3.30. The first-order valence-electron chi connectivity index (χ1n) is 6.61. The van der Waals surface area contributed by atoms with Gasteiger partial charge in [0.05, 0.1) is 19.6 Å². The van der Waals surface area contributed by atoms with E-state index in [1.54, 1.807) is 24.3 Å². The van der Waals surface area contributed by atoms with Crippen LogP contribution in [0.2, 0.25) is 0 Å². The van der Waals surface area contributed by atoms with E-state index in [1.165, 1.54) is 4.57 Å². The van der Waals surface area contributed by atoms with Gasteiger partial charge < -0.3 is 33.6 Å². The van der Waals surface area contributed by atoms with Crippen LogP contribution < -0.4 is 28.5 Å². The van der Waals surface area contributed by atoms with E-state index >= 15 is 0 Å². The van der Waals surface area contributed by atoms with E-state index in [4.69, 9.17) is 4.74 Å². The average Bonchev–Trinajstić information content (AvgIpc) is 2.85. The molecule has 6 nitrogen and oxygen atoms in total. The molecule has 1 saturated heterocycles. The number of aromatic nitrogens is 2. The second kappa shape index (κ2) is 7.61. The maximum Gasteiger partial charge on any atom is 0.415 e. The minimum Gasteiger partial charge on any atom is -1.00 e. The molecule has 1 aromatic heterocycles. The van der Waals surface area contributed by atoms with E-state index in [0.717, 1.165) is 12.8 Å². The molecule has 1 atom stereocenters. The van der Waals surface area contributed by atoms with E-state index in [2.05, 4.69) is 0 Å². The number of aryl methyl sites for hydroxylation is 1. The highest BCUT2D eigenvalue weighted by Gasteiger charge is 2.31. The minimum atomic E-state index is -0.196. The average molecular weight is 393 g/mol. The van der Waals surface area contributed by atoms with Crippen LogP contribution >= 0.6 is 0 Å². The van der Waals surface area contributed by atoms with E-state index in [1.807, 2.05) is 17.8 Å². The summed E-state index contributed by atoms with van der Waals surface area (Å²) < 4.78 is 8.38. The first-order chi connectivity index (χ1) is 9.11. The van der Waals surface area contributed by atoms with Crippen LogP contribution in [0.4, 0.5) is 4.79 Å². The lowest BCUT2D eigenvalue weighted by atomic mass is 9.98. The van der Waals surface area contributed by atoms with Crippen LogP contribution in [0.5, 0.6) is 0 Å². The molecule has 1 aliphatic heterocycles. The molecule has 0 N–H and O–H groups in total. The maximum atomic E-state index is 12.3. The smallest absolute Gasteiger partial charge is 0.415 e. The van der Waals surface area contributed by atoms with Gasteiger partial charge in [-0.25, -0.2) is 9.36 Å². The van der Waals surface area contributed by atoms with Crippen LogP contribution in [-0.4, -0.2) is 41.2 Å². The Labute approximate surface area is 135 Å². The molecule has 1 amide bonds. The Bertz CT molecular complexity index is 475. The summed E-state index contributed by atoms with van der Waals surface area (Å²) >= 11 is 0. The van der Waals surface area contributed by atoms with Gasteiger partial charge in [0, 0.05) is 13.1 Å². The molecule has 1 aliphatic rings. The Kier molecular flexibility index (Phi) is 6.44. The fourth-order valence-electron chi connectivity index (χ4n) is 2.33. The maximum absolute atomic E-state index is 12.3. The third kappa shape index (κ3) is 3.94. The van der Waals surface area contributed by atoms with E-state index in [0.29, 0.717) is 19.7 Å². The van der Waals surface area contributed by atoms with Gasteiger partial charge in [-0.15, -0.1) is 0 Å². The summed E-state index contributed by atoms with van der Waals surface area (Å²) in [6, 6.07) is -0.0883. The molecule has 2 rings (SSSR count). The van der Waals surface area contributed by atoms with Gasteiger partial charge in [-0.05, 0) is 19.8 Å². The Morgan fingerprint density at radius 1 is 1.45 bits per heavy atom. The number of carbonyl (C=O) groups is 2. The lowest BCUT2D eigenvalue weighted by Gasteiger charge is -2.29. The van der Waals surface area contributed by atoms with Gasteiger partial charge in [-0.2, -0.15) is 4.57 Å². The van der Waals surface area contributed by atoms with Gasteiger partial charge >= 0.3 is 12.0 Å². The molecule has 1 fully saturated rings. The molecular weight excluding hydrogens is 373 g/mol. The molecule has 112 valence electrons. The van der Waals surface area contributed by atoms with Crippen molar-refractivity contribution in [3.8, 4) is 0 Å². The molecule has 0 aromatic carbocycles. The molecule has 1 aromatic rings. The predicted molar refractivity (Wildman–Crippen MR) is 67.3 cm³/mol. The molecular formula is C13H20IN3O3. The fraction of sp³-hybridized carbons (Fsp3) is 0.615. The zero-order valence-corrected chi connectivity index (χ0v) is 13.9. The monoisotopic (exact) mass is 393 g/mol. The number of imidazole rings is 1. The quantitative estimate of drug-likeness (QED) is 0.319. The van der Waals surface area contributed by atoms with Gasteiger partial charge in [0.25, 0.3) is 6.33 Å². The highest BCUT2D eigenvalue weighted by molar-refractivity contribution is 5.78. The standard InChI is InChI=1S/C13H20N3O3.HI/c1-3-19-12(17)11-5-4-6-15(9-11)13(18)16-8-7-14(2)10-16;/h7-8,10-11H,3-6,9H2,1-2H3;1H/q+1;/p-1. The summed E-state index contributed by atoms with van der Waals surface area (Å²) in [7, 11) is 1.86. The molecule has 7 heteroatoms. The summed E-state index contributed by atoms with van der Waals surface area (Å²) in [5.41, 5.74) is 0. The Morgan fingerprint density at radius 2 is 2.20 bits per heavy atom. The number of likely N-dealkylation sites (tertiary alicyclic amines) is 1. The van der Waals surface area contributed by atoms with Crippen LogP contribution in [0.3, 0.4) is 0 Å². The van der Waals surface area contributed by atoms with Gasteiger partial charge in [-0.3, -0.25) is 4.79 Å².